The first-order chi connectivity index (χ1) is 13.2. The van der Waals surface area contributed by atoms with Crippen LogP contribution in [0.1, 0.15) is 28.2 Å². The third kappa shape index (κ3) is 3.10. The summed E-state index contributed by atoms with van der Waals surface area (Å²) in [6.07, 6.45) is 7.16. The fraction of sp³-hybridized carbons (Fsp3) is 0.381. The first-order valence-corrected chi connectivity index (χ1v) is 9.62. The van der Waals surface area contributed by atoms with E-state index in [1.165, 1.54) is 16.8 Å². The molecule has 6 heteroatoms. The van der Waals surface area contributed by atoms with Crippen molar-refractivity contribution in [3.05, 3.63) is 36.2 Å². The topological polar surface area (TPSA) is 69.2 Å². The summed E-state index contributed by atoms with van der Waals surface area (Å²) in [4.78, 5) is 19.6. The summed E-state index contributed by atoms with van der Waals surface area (Å²) < 4.78 is 0. The molecule has 2 aliphatic rings. The molecule has 2 N–H and O–H groups in total. The molecule has 27 heavy (non-hydrogen) atoms. The molecule has 0 radical (unpaired) electrons. The quantitative estimate of drug-likeness (QED) is 0.728. The Kier molecular flexibility index (Phi) is 3.93. The fourth-order valence-corrected chi connectivity index (χ4v) is 4.08. The van der Waals surface area contributed by atoms with E-state index in [1.807, 2.05) is 12.4 Å². The second-order valence-corrected chi connectivity index (χ2v) is 7.75. The van der Waals surface area contributed by atoms with Crippen molar-refractivity contribution < 1.29 is 2.85 Å². The Morgan fingerprint density at radius 3 is 2.96 bits per heavy atom. The normalized spacial score (nSPS) is 17.9. The van der Waals surface area contributed by atoms with Gasteiger partial charge in [0.2, 0.25) is 5.95 Å². The Morgan fingerprint density at radius 1 is 1.26 bits per heavy atom. The van der Waals surface area contributed by atoms with E-state index < -0.39 is 0 Å². The largest absolute Gasteiger partial charge is 0.351 e. The molecule has 0 bridgehead atoms. The number of hydrogen-bond acceptors (Lipinski definition) is 5. The summed E-state index contributed by atoms with van der Waals surface area (Å²) in [7, 11) is 2.17. The van der Waals surface area contributed by atoms with Gasteiger partial charge in [0.25, 0.3) is 0 Å². The van der Waals surface area contributed by atoms with Gasteiger partial charge in [-0.2, -0.15) is 4.98 Å². The molecule has 0 saturated carbocycles. The molecule has 0 unspecified atom stereocenters. The maximum absolute atomic E-state index is 4.71. The zero-order valence-electron chi connectivity index (χ0n) is 15.8. The van der Waals surface area contributed by atoms with Gasteiger partial charge in [0.05, 0.1) is 5.69 Å². The minimum Gasteiger partial charge on any atom is -0.351 e. The maximum atomic E-state index is 4.71. The van der Waals surface area contributed by atoms with Gasteiger partial charge in [0.1, 0.15) is 5.65 Å². The standard InChI is InChI=1S/C21H24N6.2H2/c1-13-9-15-10-14(3-4-19(15)24-13)17-11-22-20-18(17)12-23-21(26-20)25-16-5-7-27(2)8-6-16;;/h3-4,10-12,16H,5-9H2,1-2H3,(H2,22,23,25,26);2*1H. The minimum atomic E-state index is 0. The number of hydrogen-bond donors (Lipinski definition) is 2. The lowest BCUT2D eigenvalue weighted by Crippen LogP contribution is -2.37. The predicted molar refractivity (Wildman–Crippen MR) is 114 cm³/mol. The number of nitrogens with one attached hydrogen (secondary N) is 2. The second-order valence-electron chi connectivity index (χ2n) is 7.75. The van der Waals surface area contributed by atoms with Gasteiger partial charge in [-0.3, -0.25) is 4.99 Å². The molecule has 142 valence electrons. The van der Waals surface area contributed by atoms with Crippen molar-refractivity contribution in [2.24, 2.45) is 4.99 Å². The predicted octanol–water partition coefficient (Wildman–Crippen LogP) is 4.27. The van der Waals surface area contributed by atoms with Gasteiger partial charge in [-0.05, 0) is 63.2 Å². The molecule has 3 aromatic rings. The second kappa shape index (κ2) is 6.46. The summed E-state index contributed by atoms with van der Waals surface area (Å²) >= 11 is 0. The summed E-state index contributed by atoms with van der Waals surface area (Å²) in [5.74, 6) is 0.712. The lowest BCUT2D eigenvalue weighted by molar-refractivity contribution is 0.263. The van der Waals surface area contributed by atoms with E-state index in [4.69, 9.17) is 4.98 Å². The van der Waals surface area contributed by atoms with Crippen LogP contribution in [0.5, 0.6) is 0 Å². The van der Waals surface area contributed by atoms with Crippen LogP contribution in [0.4, 0.5) is 11.6 Å². The summed E-state index contributed by atoms with van der Waals surface area (Å²) in [5.41, 5.74) is 6.77. The average Bonchev–Trinajstić information content (AvgIpc) is 3.25. The van der Waals surface area contributed by atoms with Crippen LogP contribution in [0.3, 0.4) is 0 Å². The first kappa shape index (κ1) is 16.4. The molecule has 6 nitrogen and oxygen atoms in total. The van der Waals surface area contributed by atoms with Crippen molar-refractivity contribution in [3.8, 4) is 11.1 Å². The first-order valence-electron chi connectivity index (χ1n) is 9.62. The lowest BCUT2D eigenvalue weighted by atomic mass is 10.0. The van der Waals surface area contributed by atoms with Crippen LogP contribution in [0.15, 0.2) is 35.6 Å². The molecule has 0 spiro atoms. The molecular weight excluding hydrogens is 336 g/mol. The van der Waals surface area contributed by atoms with Crippen LogP contribution >= 0.6 is 0 Å². The van der Waals surface area contributed by atoms with Gasteiger partial charge >= 0.3 is 0 Å². The van der Waals surface area contributed by atoms with E-state index in [-0.39, 0.29) is 2.85 Å². The maximum Gasteiger partial charge on any atom is 0.224 e. The Morgan fingerprint density at radius 2 is 2.11 bits per heavy atom. The highest BCUT2D eigenvalue weighted by atomic mass is 15.2. The molecular formula is C21H28N6. The number of aromatic amines is 1. The van der Waals surface area contributed by atoms with E-state index in [9.17, 15) is 0 Å². The third-order valence-electron chi connectivity index (χ3n) is 5.63. The average molecular weight is 364 g/mol. The highest BCUT2D eigenvalue weighted by Crippen LogP contribution is 2.34. The number of piperidine rings is 1. The van der Waals surface area contributed by atoms with E-state index in [0.717, 1.165) is 54.6 Å². The highest BCUT2D eigenvalue weighted by Gasteiger charge is 2.18. The number of rotatable bonds is 3. The lowest BCUT2D eigenvalue weighted by Gasteiger charge is -2.29. The van der Waals surface area contributed by atoms with E-state index >= 15 is 0 Å². The van der Waals surface area contributed by atoms with E-state index in [2.05, 4.69) is 57.3 Å². The van der Waals surface area contributed by atoms with E-state index in [0.29, 0.717) is 12.0 Å². The third-order valence-corrected chi connectivity index (χ3v) is 5.63. The molecule has 1 saturated heterocycles. The monoisotopic (exact) mass is 364 g/mol. The van der Waals surface area contributed by atoms with Crippen molar-refractivity contribution in [1.29, 1.82) is 0 Å². The van der Waals surface area contributed by atoms with Crippen molar-refractivity contribution in [3.63, 3.8) is 0 Å². The fourth-order valence-electron chi connectivity index (χ4n) is 4.08. The van der Waals surface area contributed by atoms with Gasteiger partial charge in [-0.1, -0.05) is 6.07 Å². The van der Waals surface area contributed by atoms with Crippen LogP contribution in [-0.2, 0) is 6.42 Å². The molecule has 4 heterocycles. The SMILES string of the molecule is CC1=Nc2ccc(-c3c[nH]c4nc(NC5CCN(C)CC5)ncc34)cc2C1.[HH].[HH]. The zero-order valence-corrected chi connectivity index (χ0v) is 15.8. The molecule has 5 rings (SSSR count). The van der Waals surface area contributed by atoms with Gasteiger partial charge < -0.3 is 15.2 Å². The van der Waals surface area contributed by atoms with Gasteiger partial charge in [0.15, 0.2) is 0 Å². The van der Waals surface area contributed by atoms with E-state index in [1.54, 1.807) is 0 Å². The molecule has 2 aromatic heterocycles. The summed E-state index contributed by atoms with van der Waals surface area (Å²) in [6.45, 7) is 4.32. The Hall–Kier alpha value is -2.73. The Labute approximate surface area is 161 Å². The van der Waals surface area contributed by atoms with Crippen LogP contribution in [0.25, 0.3) is 22.2 Å². The summed E-state index contributed by atoms with van der Waals surface area (Å²) in [6, 6.07) is 6.93. The number of H-pyrrole nitrogens is 1. The zero-order chi connectivity index (χ0) is 18.4. The van der Waals surface area contributed by atoms with Gasteiger partial charge in [-0.25, -0.2) is 4.98 Å². The molecule has 1 fully saturated rings. The van der Waals surface area contributed by atoms with Crippen molar-refractivity contribution >= 4 is 28.4 Å². The van der Waals surface area contributed by atoms with Gasteiger partial charge in [0, 0.05) is 44.4 Å². The molecule has 0 amide bonds. The van der Waals surface area contributed by atoms with Crippen LogP contribution in [0, 0.1) is 0 Å². The molecule has 2 aliphatic heterocycles. The van der Waals surface area contributed by atoms with Crippen LogP contribution in [-0.4, -0.2) is 51.7 Å². The number of benzene rings is 1. The number of nitrogens with zero attached hydrogens (tertiary/aromatic N) is 4. The number of anilines is 1. The highest BCUT2D eigenvalue weighted by molar-refractivity contribution is 5.96. The van der Waals surface area contributed by atoms with Crippen LogP contribution < -0.4 is 5.32 Å². The van der Waals surface area contributed by atoms with Crippen LogP contribution in [0.2, 0.25) is 0 Å². The number of fused-ring (bicyclic) bond motifs is 2. The smallest absolute Gasteiger partial charge is 0.224 e. The number of aliphatic imine (C=N–C) groups is 1. The Bertz CT molecular complexity index is 1040. The van der Waals surface area contributed by atoms with Crippen molar-refractivity contribution in [2.45, 2.75) is 32.2 Å². The molecule has 0 aliphatic carbocycles. The van der Waals surface area contributed by atoms with Crippen molar-refractivity contribution in [1.82, 2.24) is 19.9 Å². The molecule has 1 aromatic carbocycles. The minimum absolute atomic E-state index is 0. The van der Waals surface area contributed by atoms with Gasteiger partial charge in [-0.15, -0.1) is 0 Å². The molecule has 0 atom stereocenters. The number of likely N-dealkylation sites (tertiary alicyclic amines) is 1. The number of aromatic nitrogens is 3. The summed E-state index contributed by atoms with van der Waals surface area (Å²) in [5, 5.41) is 4.55. The Balaban J connectivity index is 0.00000120. The van der Waals surface area contributed by atoms with Crippen molar-refractivity contribution in [2.75, 3.05) is 25.5 Å².